The molecule has 0 spiro atoms. The number of phenolic OH excluding ortho intramolecular Hbond substituents is 2. The van der Waals surface area contributed by atoms with Crippen LogP contribution in [0.5, 0.6) is 11.5 Å². The fraction of sp³-hybridized carbons (Fsp3) is 0.182. The Morgan fingerprint density at radius 3 is 2.75 bits per heavy atom. The van der Waals surface area contributed by atoms with Crippen LogP contribution in [0.3, 0.4) is 0 Å². The first-order valence-electron chi connectivity index (χ1n) is 4.84. The van der Waals surface area contributed by atoms with Crippen LogP contribution >= 0.6 is 11.3 Å². The molecular formula is C11H12N2O2S. The molecule has 5 heteroatoms. The minimum atomic E-state index is -0.0942. The summed E-state index contributed by atoms with van der Waals surface area (Å²) in [6.45, 7) is 1.33. The number of aromatic hydroxyl groups is 2. The largest absolute Gasteiger partial charge is 0.504 e. The van der Waals surface area contributed by atoms with Crippen molar-refractivity contribution < 1.29 is 10.2 Å². The van der Waals surface area contributed by atoms with Crippen molar-refractivity contribution in [3.05, 3.63) is 40.3 Å². The summed E-state index contributed by atoms with van der Waals surface area (Å²) in [7, 11) is 0. The lowest BCUT2D eigenvalue weighted by atomic mass is 10.2. The highest BCUT2D eigenvalue weighted by Crippen LogP contribution is 2.24. The van der Waals surface area contributed by atoms with Crippen molar-refractivity contribution in [2.24, 2.45) is 0 Å². The second-order valence-electron chi connectivity index (χ2n) is 3.41. The number of rotatable bonds is 4. The standard InChI is InChI=1S/C11H12N2O2S/c14-10-2-1-8(3-11(10)15)4-12-5-9-6-16-7-13-9/h1-3,6-7,12,14-15H,4-5H2. The Bertz CT molecular complexity index is 457. The summed E-state index contributed by atoms with van der Waals surface area (Å²) < 4.78 is 0. The lowest BCUT2D eigenvalue weighted by Crippen LogP contribution is -2.12. The molecule has 0 unspecified atom stereocenters. The van der Waals surface area contributed by atoms with Gasteiger partial charge in [0.05, 0.1) is 11.2 Å². The van der Waals surface area contributed by atoms with Crippen LogP contribution in [0, 0.1) is 0 Å². The van der Waals surface area contributed by atoms with Gasteiger partial charge < -0.3 is 15.5 Å². The molecule has 0 atom stereocenters. The molecule has 0 aliphatic carbocycles. The molecule has 0 radical (unpaired) electrons. The van der Waals surface area contributed by atoms with E-state index in [0.717, 1.165) is 11.3 Å². The molecular weight excluding hydrogens is 224 g/mol. The molecule has 1 heterocycles. The van der Waals surface area contributed by atoms with Gasteiger partial charge in [-0.3, -0.25) is 0 Å². The van der Waals surface area contributed by atoms with Crippen molar-refractivity contribution in [1.29, 1.82) is 0 Å². The van der Waals surface area contributed by atoms with Gasteiger partial charge in [0.1, 0.15) is 0 Å². The van der Waals surface area contributed by atoms with Crippen LogP contribution in [0.15, 0.2) is 29.1 Å². The van der Waals surface area contributed by atoms with E-state index < -0.39 is 0 Å². The van der Waals surface area contributed by atoms with E-state index in [1.54, 1.807) is 29.0 Å². The second kappa shape index (κ2) is 4.96. The van der Waals surface area contributed by atoms with Crippen molar-refractivity contribution in [2.45, 2.75) is 13.1 Å². The maximum atomic E-state index is 9.29. The van der Waals surface area contributed by atoms with E-state index in [0.29, 0.717) is 13.1 Å². The first-order valence-corrected chi connectivity index (χ1v) is 5.78. The van der Waals surface area contributed by atoms with E-state index >= 15 is 0 Å². The summed E-state index contributed by atoms with van der Waals surface area (Å²) in [6, 6.07) is 4.79. The first-order chi connectivity index (χ1) is 7.75. The summed E-state index contributed by atoms with van der Waals surface area (Å²) in [5.41, 5.74) is 3.72. The van der Waals surface area contributed by atoms with Crippen molar-refractivity contribution >= 4 is 11.3 Å². The number of nitrogens with one attached hydrogen (secondary N) is 1. The highest BCUT2D eigenvalue weighted by atomic mass is 32.1. The van der Waals surface area contributed by atoms with Gasteiger partial charge in [0, 0.05) is 18.5 Å². The maximum absolute atomic E-state index is 9.29. The smallest absolute Gasteiger partial charge is 0.157 e. The maximum Gasteiger partial charge on any atom is 0.157 e. The summed E-state index contributed by atoms with van der Waals surface area (Å²) in [4.78, 5) is 4.15. The van der Waals surface area contributed by atoms with Crippen LogP contribution in [-0.4, -0.2) is 15.2 Å². The molecule has 1 aromatic carbocycles. The SMILES string of the molecule is Oc1ccc(CNCc2cscn2)cc1O. The van der Waals surface area contributed by atoms with Gasteiger partial charge in [-0.25, -0.2) is 4.98 Å². The zero-order valence-corrected chi connectivity index (χ0v) is 9.37. The summed E-state index contributed by atoms with van der Waals surface area (Å²) in [6.07, 6.45) is 0. The lowest BCUT2D eigenvalue weighted by Gasteiger charge is -2.04. The Morgan fingerprint density at radius 1 is 1.19 bits per heavy atom. The Kier molecular flexibility index (Phi) is 3.38. The molecule has 0 saturated heterocycles. The van der Waals surface area contributed by atoms with Crippen molar-refractivity contribution in [1.82, 2.24) is 10.3 Å². The average Bonchev–Trinajstić information content (AvgIpc) is 2.76. The van der Waals surface area contributed by atoms with Crippen molar-refractivity contribution in [2.75, 3.05) is 0 Å². The highest BCUT2D eigenvalue weighted by Gasteiger charge is 2.00. The summed E-state index contributed by atoms with van der Waals surface area (Å²) in [5, 5.41) is 23.6. The van der Waals surface area contributed by atoms with Gasteiger partial charge in [-0.05, 0) is 17.7 Å². The molecule has 84 valence electrons. The molecule has 16 heavy (non-hydrogen) atoms. The highest BCUT2D eigenvalue weighted by molar-refractivity contribution is 7.07. The van der Waals surface area contributed by atoms with Crippen LogP contribution in [0.4, 0.5) is 0 Å². The molecule has 0 bridgehead atoms. The van der Waals surface area contributed by atoms with E-state index in [1.165, 1.54) is 6.07 Å². The predicted molar refractivity (Wildman–Crippen MR) is 62.4 cm³/mol. The second-order valence-corrected chi connectivity index (χ2v) is 4.13. The molecule has 4 nitrogen and oxygen atoms in total. The third-order valence-electron chi connectivity index (χ3n) is 2.16. The monoisotopic (exact) mass is 236 g/mol. The van der Waals surface area contributed by atoms with Gasteiger partial charge in [-0.15, -0.1) is 11.3 Å². The third kappa shape index (κ3) is 2.71. The number of phenols is 2. The normalized spacial score (nSPS) is 10.5. The molecule has 0 aliphatic rings. The van der Waals surface area contributed by atoms with Gasteiger partial charge in [0.2, 0.25) is 0 Å². The van der Waals surface area contributed by atoms with Gasteiger partial charge in [-0.1, -0.05) is 6.07 Å². The van der Waals surface area contributed by atoms with Gasteiger partial charge >= 0.3 is 0 Å². The van der Waals surface area contributed by atoms with Gasteiger partial charge in [0.15, 0.2) is 11.5 Å². The van der Waals surface area contributed by atoms with Crippen LogP contribution in [0.25, 0.3) is 0 Å². The number of benzene rings is 1. The minimum absolute atomic E-state index is 0.0899. The number of nitrogens with zero attached hydrogens (tertiary/aromatic N) is 1. The van der Waals surface area contributed by atoms with Crippen LogP contribution < -0.4 is 5.32 Å². The van der Waals surface area contributed by atoms with Crippen LogP contribution in [-0.2, 0) is 13.1 Å². The number of hydrogen-bond acceptors (Lipinski definition) is 5. The van der Waals surface area contributed by atoms with Crippen molar-refractivity contribution in [3.8, 4) is 11.5 Å². The molecule has 2 aromatic rings. The van der Waals surface area contributed by atoms with Crippen LogP contribution in [0.2, 0.25) is 0 Å². The fourth-order valence-electron chi connectivity index (χ4n) is 1.34. The molecule has 0 fully saturated rings. The Morgan fingerprint density at radius 2 is 2.06 bits per heavy atom. The van der Waals surface area contributed by atoms with E-state index in [2.05, 4.69) is 10.3 Å². The third-order valence-corrected chi connectivity index (χ3v) is 2.79. The Balaban J connectivity index is 1.87. The molecule has 3 N–H and O–H groups in total. The fourth-order valence-corrected chi connectivity index (χ4v) is 1.90. The van der Waals surface area contributed by atoms with Crippen LogP contribution in [0.1, 0.15) is 11.3 Å². The van der Waals surface area contributed by atoms with E-state index in [9.17, 15) is 5.11 Å². The number of aromatic nitrogens is 1. The van der Waals surface area contributed by atoms with Gasteiger partial charge in [0.25, 0.3) is 0 Å². The molecule has 1 aromatic heterocycles. The average molecular weight is 236 g/mol. The number of thiazole rings is 1. The van der Waals surface area contributed by atoms with E-state index in [1.807, 2.05) is 5.38 Å². The quantitative estimate of drug-likeness (QED) is 0.709. The topological polar surface area (TPSA) is 65.4 Å². The van der Waals surface area contributed by atoms with E-state index in [4.69, 9.17) is 5.11 Å². The zero-order chi connectivity index (χ0) is 11.4. The lowest BCUT2D eigenvalue weighted by molar-refractivity contribution is 0.403. The predicted octanol–water partition coefficient (Wildman–Crippen LogP) is 1.84. The number of hydrogen-bond donors (Lipinski definition) is 3. The van der Waals surface area contributed by atoms with Crippen molar-refractivity contribution in [3.63, 3.8) is 0 Å². The zero-order valence-electron chi connectivity index (χ0n) is 8.55. The Labute approximate surface area is 97.2 Å². The van der Waals surface area contributed by atoms with E-state index in [-0.39, 0.29) is 11.5 Å². The Hall–Kier alpha value is -1.59. The molecule has 0 amide bonds. The first kappa shape index (κ1) is 10.9. The minimum Gasteiger partial charge on any atom is -0.504 e. The molecule has 2 rings (SSSR count). The summed E-state index contributed by atoms with van der Waals surface area (Å²) >= 11 is 1.57. The molecule has 0 saturated carbocycles. The molecule has 0 aliphatic heterocycles. The van der Waals surface area contributed by atoms with Gasteiger partial charge in [-0.2, -0.15) is 0 Å². The summed E-state index contributed by atoms with van der Waals surface area (Å²) in [5.74, 6) is -0.184.